The normalized spacial score (nSPS) is 10.6. The summed E-state index contributed by atoms with van der Waals surface area (Å²) in [6.07, 6.45) is 2.07. The fourth-order valence-electron chi connectivity index (χ4n) is 1.57. The molecular formula is C13H19NOS. The summed E-state index contributed by atoms with van der Waals surface area (Å²) in [5, 5.41) is 0. The molecule has 1 aromatic rings. The molecule has 0 aliphatic heterocycles. The first-order valence-electron chi connectivity index (χ1n) is 5.39. The Bertz CT molecular complexity index is 388. The maximum atomic E-state index is 11.3. The summed E-state index contributed by atoms with van der Waals surface area (Å²) in [7, 11) is 1.80. The lowest BCUT2D eigenvalue weighted by molar-refractivity contribution is -0.116. The Morgan fingerprint density at radius 1 is 1.38 bits per heavy atom. The van der Waals surface area contributed by atoms with E-state index in [1.165, 1.54) is 10.5 Å². The van der Waals surface area contributed by atoms with Gasteiger partial charge in [0.2, 0.25) is 5.91 Å². The van der Waals surface area contributed by atoms with Crippen molar-refractivity contribution in [2.75, 3.05) is 18.2 Å². The van der Waals surface area contributed by atoms with E-state index in [0.29, 0.717) is 5.92 Å². The third-order valence-corrected chi connectivity index (χ3v) is 3.49. The van der Waals surface area contributed by atoms with Gasteiger partial charge in [-0.25, -0.2) is 0 Å². The smallest absolute Gasteiger partial charge is 0.223 e. The van der Waals surface area contributed by atoms with Crippen LogP contribution in [-0.4, -0.2) is 19.2 Å². The van der Waals surface area contributed by atoms with E-state index in [-0.39, 0.29) is 5.91 Å². The van der Waals surface area contributed by atoms with Crippen molar-refractivity contribution >= 4 is 23.4 Å². The molecule has 0 spiro atoms. The lowest BCUT2D eigenvalue weighted by Crippen LogP contribution is -2.22. The topological polar surface area (TPSA) is 20.3 Å². The molecule has 0 saturated carbocycles. The Kier molecular flexibility index (Phi) is 4.42. The van der Waals surface area contributed by atoms with E-state index < -0.39 is 0 Å². The van der Waals surface area contributed by atoms with Gasteiger partial charge in [-0.05, 0) is 29.9 Å². The van der Waals surface area contributed by atoms with Gasteiger partial charge < -0.3 is 4.90 Å². The van der Waals surface area contributed by atoms with Gasteiger partial charge in [0.15, 0.2) is 0 Å². The predicted molar refractivity (Wildman–Crippen MR) is 71.4 cm³/mol. The average molecular weight is 237 g/mol. The minimum Gasteiger partial charge on any atom is -0.316 e. The maximum absolute atomic E-state index is 11.3. The number of hydrogen-bond donors (Lipinski definition) is 0. The number of nitrogens with zero attached hydrogens (tertiary/aromatic N) is 1. The van der Waals surface area contributed by atoms with E-state index in [1.807, 2.05) is 6.07 Å². The van der Waals surface area contributed by atoms with Crippen LogP contribution in [0.25, 0.3) is 0 Å². The number of anilines is 1. The van der Waals surface area contributed by atoms with Crippen molar-refractivity contribution < 1.29 is 4.79 Å². The van der Waals surface area contributed by atoms with E-state index in [4.69, 9.17) is 0 Å². The molecule has 0 heterocycles. The molecule has 3 heteroatoms. The van der Waals surface area contributed by atoms with Gasteiger partial charge >= 0.3 is 0 Å². The van der Waals surface area contributed by atoms with Crippen LogP contribution in [0.2, 0.25) is 0 Å². The van der Waals surface area contributed by atoms with Gasteiger partial charge in [0, 0.05) is 24.6 Å². The lowest BCUT2D eigenvalue weighted by Gasteiger charge is -2.18. The van der Waals surface area contributed by atoms with Crippen LogP contribution in [-0.2, 0) is 4.79 Å². The zero-order valence-corrected chi connectivity index (χ0v) is 11.4. The molecule has 0 N–H and O–H groups in total. The minimum atomic E-state index is 0.0596. The van der Waals surface area contributed by atoms with Crippen LogP contribution < -0.4 is 4.90 Å². The van der Waals surface area contributed by atoms with Crippen LogP contribution in [0.5, 0.6) is 0 Å². The summed E-state index contributed by atoms with van der Waals surface area (Å²) in [6, 6.07) is 6.21. The Morgan fingerprint density at radius 3 is 2.44 bits per heavy atom. The summed E-state index contributed by atoms with van der Waals surface area (Å²) in [6.45, 7) is 5.95. The second-order valence-corrected chi connectivity index (χ2v) is 5.01. The summed E-state index contributed by atoms with van der Waals surface area (Å²) < 4.78 is 0. The number of carbonyl (C=O) groups is 1. The summed E-state index contributed by atoms with van der Waals surface area (Å²) >= 11 is 1.73. The summed E-state index contributed by atoms with van der Waals surface area (Å²) in [4.78, 5) is 14.2. The molecule has 0 bridgehead atoms. The largest absolute Gasteiger partial charge is 0.316 e. The molecule has 0 saturated heterocycles. The Labute approximate surface area is 102 Å². The van der Waals surface area contributed by atoms with Crippen molar-refractivity contribution in [3.8, 4) is 0 Å². The van der Waals surface area contributed by atoms with Gasteiger partial charge in [-0.2, -0.15) is 0 Å². The van der Waals surface area contributed by atoms with Gasteiger partial charge in [0.25, 0.3) is 0 Å². The highest BCUT2D eigenvalue weighted by Crippen LogP contribution is 2.30. The highest BCUT2D eigenvalue weighted by molar-refractivity contribution is 7.98. The molecule has 0 aliphatic rings. The van der Waals surface area contributed by atoms with Crippen LogP contribution in [0, 0.1) is 0 Å². The molecule has 1 amide bonds. The van der Waals surface area contributed by atoms with Crippen molar-refractivity contribution in [2.24, 2.45) is 0 Å². The zero-order valence-electron chi connectivity index (χ0n) is 10.6. The third-order valence-electron chi connectivity index (χ3n) is 2.70. The lowest BCUT2D eigenvalue weighted by atomic mass is 10.0. The Hall–Kier alpha value is -0.960. The molecule has 16 heavy (non-hydrogen) atoms. The molecule has 0 radical (unpaired) electrons. The maximum Gasteiger partial charge on any atom is 0.223 e. The molecule has 0 atom stereocenters. The second-order valence-electron chi connectivity index (χ2n) is 4.16. The van der Waals surface area contributed by atoms with Gasteiger partial charge in [0.05, 0.1) is 0 Å². The van der Waals surface area contributed by atoms with Crippen LogP contribution in [0.4, 0.5) is 5.69 Å². The zero-order chi connectivity index (χ0) is 12.3. The number of rotatable bonds is 3. The number of amides is 1. The standard InChI is InChI=1S/C13H19NOS/c1-9(2)12-7-6-11(8-13(12)16-5)14(4)10(3)15/h6-9H,1-5H3. The van der Waals surface area contributed by atoms with Gasteiger partial charge in [-0.3, -0.25) is 4.79 Å². The molecule has 1 aromatic carbocycles. The van der Waals surface area contributed by atoms with Crippen molar-refractivity contribution in [3.05, 3.63) is 23.8 Å². The van der Waals surface area contributed by atoms with Gasteiger partial charge in [-0.1, -0.05) is 19.9 Å². The number of hydrogen-bond acceptors (Lipinski definition) is 2. The first-order valence-corrected chi connectivity index (χ1v) is 6.62. The molecule has 1 rings (SSSR count). The highest BCUT2D eigenvalue weighted by Gasteiger charge is 2.10. The average Bonchev–Trinajstić information content (AvgIpc) is 2.26. The number of carbonyl (C=O) groups excluding carboxylic acids is 1. The van der Waals surface area contributed by atoms with Crippen LogP contribution in [0.3, 0.4) is 0 Å². The van der Waals surface area contributed by atoms with E-state index in [2.05, 4.69) is 32.2 Å². The van der Waals surface area contributed by atoms with E-state index in [1.54, 1.807) is 30.6 Å². The third kappa shape index (κ3) is 2.79. The van der Waals surface area contributed by atoms with E-state index in [0.717, 1.165) is 5.69 Å². The Morgan fingerprint density at radius 2 is 2.00 bits per heavy atom. The van der Waals surface area contributed by atoms with Crippen LogP contribution in [0.15, 0.2) is 23.1 Å². The second kappa shape index (κ2) is 5.39. The SMILES string of the molecule is CSc1cc(N(C)C(C)=O)ccc1C(C)C. The van der Waals surface area contributed by atoms with Gasteiger partial charge in [0.1, 0.15) is 0 Å². The quantitative estimate of drug-likeness (QED) is 0.750. The van der Waals surface area contributed by atoms with E-state index >= 15 is 0 Å². The van der Waals surface area contributed by atoms with Crippen molar-refractivity contribution in [3.63, 3.8) is 0 Å². The molecule has 0 aromatic heterocycles. The fraction of sp³-hybridized carbons (Fsp3) is 0.462. The first-order chi connectivity index (χ1) is 7.47. The van der Waals surface area contributed by atoms with Crippen LogP contribution >= 0.6 is 11.8 Å². The minimum absolute atomic E-state index is 0.0596. The highest BCUT2D eigenvalue weighted by atomic mass is 32.2. The van der Waals surface area contributed by atoms with Crippen molar-refractivity contribution in [1.82, 2.24) is 0 Å². The molecule has 0 fully saturated rings. The monoisotopic (exact) mass is 237 g/mol. The van der Waals surface area contributed by atoms with Crippen molar-refractivity contribution in [1.29, 1.82) is 0 Å². The van der Waals surface area contributed by atoms with Crippen LogP contribution in [0.1, 0.15) is 32.3 Å². The van der Waals surface area contributed by atoms with Gasteiger partial charge in [-0.15, -0.1) is 11.8 Å². The molecule has 0 aliphatic carbocycles. The molecule has 0 unspecified atom stereocenters. The number of thioether (sulfide) groups is 1. The summed E-state index contributed by atoms with van der Waals surface area (Å²) in [5.41, 5.74) is 2.30. The molecule has 88 valence electrons. The van der Waals surface area contributed by atoms with E-state index in [9.17, 15) is 4.79 Å². The fourth-order valence-corrected chi connectivity index (χ4v) is 2.35. The molecule has 2 nitrogen and oxygen atoms in total. The Balaban J connectivity index is 3.13. The van der Waals surface area contributed by atoms with Crippen molar-refractivity contribution in [2.45, 2.75) is 31.6 Å². The predicted octanol–water partition coefficient (Wildman–Crippen LogP) is 3.51. The number of benzene rings is 1. The molecular weight excluding hydrogens is 218 g/mol. The summed E-state index contributed by atoms with van der Waals surface area (Å²) in [5.74, 6) is 0.573. The first kappa shape index (κ1) is 13.1.